The number of fused-ring (bicyclic) bond motifs is 1. The van der Waals surface area contributed by atoms with Gasteiger partial charge in [0.05, 0.1) is 26.6 Å². The lowest BCUT2D eigenvalue weighted by molar-refractivity contribution is -0.116. The van der Waals surface area contributed by atoms with E-state index in [4.69, 9.17) is 23.2 Å². The highest BCUT2D eigenvalue weighted by molar-refractivity contribution is 6.39. The van der Waals surface area contributed by atoms with Crippen LogP contribution in [-0.4, -0.2) is 15.9 Å². The molecule has 4 nitrogen and oxygen atoms in total. The van der Waals surface area contributed by atoms with E-state index in [1.807, 2.05) is 25.1 Å². The minimum atomic E-state index is 0.000682. The molecule has 3 rings (SSSR count). The van der Waals surface area contributed by atoms with E-state index in [9.17, 15) is 4.79 Å². The number of aromatic amines is 1. The lowest BCUT2D eigenvalue weighted by atomic mass is 10.2. The molecule has 2 aromatic carbocycles. The third kappa shape index (κ3) is 3.33. The maximum absolute atomic E-state index is 11.7. The Hall–Kier alpha value is -2.04. The number of anilines is 1. The van der Waals surface area contributed by atoms with E-state index in [1.165, 1.54) is 0 Å². The van der Waals surface area contributed by atoms with Crippen molar-refractivity contribution < 1.29 is 4.79 Å². The van der Waals surface area contributed by atoms with Gasteiger partial charge < -0.3 is 10.3 Å². The molecule has 0 radical (unpaired) electrons. The molecular formula is C17H15Cl2N3O. The molecule has 23 heavy (non-hydrogen) atoms. The van der Waals surface area contributed by atoms with Gasteiger partial charge in [-0.3, -0.25) is 4.79 Å². The van der Waals surface area contributed by atoms with E-state index in [0.29, 0.717) is 27.9 Å². The first-order chi connectivity index (χ1) is 11.1. The number of aromatic nitrogens is 2. The number of rotatable bonds is 4. The van der Waals surface area contributed by atoms with Gasteiger partial charge in [0.1, 0.15) is 5.82 Å². The summed E-state index contributed by atoms with van der Waals surface area (Å²) < 4.78 is 0. The first-order valence-electron chi connectivity index (χ1n) is 7.32. The van der Waals surface area contributed by atoms with Gasteiger partial charge in [-0.1, -0.05) is 36.2 Å². The fourth-order valence-electron chi connectivity index (χ4n) is 2.38. The second-order valence-electron chi connectivity index (χ2n) is 5.21. The predicted molar refractivity (Wildman–Crippen MR) is 95.1 cm³/mol. The summed E-state index contributed by atoms with van der Waals surface area (Å²) in [6.07, 6.45) is 1.31. The molecule has 0 fully saturated rings. The van der Waals surface area contributed by atoms with E-state index in [1.54, 1.807) is 18.2 Å². The van der Waals surface area contributed by atoms with Crippen LogP contribution in [0.15, 0.2) is 36.4 Å². The minimum absolute atomic E-state index is 0.000682. The Morgan fingerprint density at radius 3 is 2.65 bits per heavy atom. The zero-order valence-electron chi connectivity index (χ0n) is 12.5. The van der Waals surface area contributed by atoms with E-state index in [2.05, 4.69) is 15.3 Å². The van der Waals surface area contributed by atoms with Crippen molar-refractivity contribution in [3.8, 4) is 11.4 Å². The second kappa shape index (κ2) is 6.60. The van der Waals surface area contributed by atoms with Gasteiger partial charge in [0.15, 0.2) is 0 Å². The van der Waals surface area contributed by atoms with Crippen LogP contribution in [0.2, 0.25) is 10.0 Å². The van der Waals surface area contributed by atoms with Crippen molar-refractivity contribution in [3.05, 3.63) is 46.4 Å². The van der Waals surface area contributed by atoms with Crippen LogP contribution in [-0.2, 0) is 4.79 Å². The number of imidazole rings is 1. The molecule has 0 spiro atoms. The molecule has 0 bridgehead atoms. The number of nitrogens with one attached hydrogen (secondary N) is 2. The molecule has 0 unspecified atom stereocenters. The second-order valence-corrected chi connectivity index (χ2v) is 6.03. The number of hydrogen-bond acceptors (Lipinski definition) is 2. The maximum atomic E-state index is 11.7. The molecule has 0 saturated heterocycles. The van der Waals surface area contributed by atoms with Crippen LogP contribution in [0.25, 0.3) is 22.4 Å². The van der Waals surface area contributed by atoms with E-state index < -0.39 is 0 Å². The van der Waals surface area contributed by atoms with Crippen LogP contribution >= 0.6 is 23.2 Å². The van der Waals surface area contributed by atoms with Gasteiger partial charge in [0.25, 0.3) is 0 Å². The number of amides is 1. The fraction of sp³-hybridized carbons (Fsp3) is 0.176. The highest BCUT2D eigenvalue weighted by Gasteiger charge is 2.13. The standard InChI is InChI=1S/C17H15Cl2N3O/c1-2-4-15(23)20-10-7-8-13-14(9-10)22-17(21-13)16-11(18)5-3-6-12(16)19/h3,5-9H,2,4H2,1H3,(H,20,23)(H,21,22). The highest BCUT2D eigenvalue weighted by atomic mass is 35.5. The third-order valence-corrected chi connectivity index (χ3v) is 4.07. The maximum Gasteiger partial charge on any atom is 0.224 e. The summed E-state index contributed by atoms with van der Waals surface area (Å²) in [6.45, 7) is 1.97. The molecule has 1 heterocycles. The van der Waals surface area contributed by atoms with Crippen molar-refractivity contribution in [2.24, 2.45) is 0 Å². The number of benzene rings is 2. The number of hydrogen-bond donors (Lipinski definition) is 2. The van der Waals surface area contributed by atoms with Crippen molar-refractivity contribution in [2.45, 2.75) is 19.8 Å². The van der Waals surface area contributed by atoms with Gasteiger partial charge in [-0.25, -0.2) is 4.98 Å². The molecule has 0 aliphatic carbocycles. The van der Waals surface area contributed by atoms with Crippen LogP contribution in [0.5, 0.6) is 0 Å². The Labute approximate surface area is 143 Å². The molecule has 0 aliphatic heterocycles. The number of carbonyl (C=O) groups excluding carboxylic acids is 1. The number of nitrogens with zero attached hydrogens (tertiary/aromatic N) is 1. The van der Waals surface area contributed by atoms with Crippen LogP contribution in [0.4, 0.5) is 5.69 Å². The molecule has 118 valence electrons. The molecule has 0 saturated carbocycles. The van der Waals surface area contributed by atoms with E-state index in [0.717, 1.165) is 23.1 Å². The quantitative estimate of drug-likeness (QED) is 0.674. The number of H-pyrrole nitrogens is 1. The third-order valence-electron chi connectivity index (χ3n) is 3.44. The lowest BCUT2D eigenvalue weighted by Crippen LogP contribution is -2.10. The Kier molecular flexibility index (Phi) is 4.55. The minimum Gasteiger partial charge on any atom is -0.338 e. The van der Waals surface area contributed by atoms with Gasteiger partial charge in [-0.05, 0) is 36.8 Å². The van der Waals surface area contributed by atoms with Crippen molar-refractivity contribution in [2.75, 3.05) is 5.32 Å². The van der Waals surface area contributed by atoms with Crippen molar-refractivity contribution in [1.82, 2.24) is 9.97 Å². The molecule has 1 aromatic heterocycles. The van der Waals surface area contributed by atoms with Crippen molar-refractivity contribution >= 4 is 45.8 Å². The van der Waals surface area contributed by atoms with Crippen molar-refractivity contribution in [1.29, 1.82) is 0 Å². The average Bonchev–Trinajstić information content (AvgIpc) is 2.90. The molecule has 2 N–H and O–H groups in total. The normalized spacial score (nSPS) is 10.9. The SMILES string of the molecule is CCCC(=O)Nc1ccc2nc(-c3c(Cl)cccc3Cl)[nH]c2c1. The topological polar surface area (TPSA) is 57.8 Å². The molecular weight excluding hydrogens is 333 g/mol. The van der Waals surface area contributed by atoms with Gasteiger partial charge in [0.2, 0.25) is 5.91 Å². The average molecular weight is 348 g/mol. The lowest BCUT2D eigenvalue weighted by Gasteiger charge is -2.03. The zero-order valence-corrected chi connectivity index (χ0v) is 14.0. The summed E-state index contributed by atoms with van der Waals surface area (Å²) in [5, 5.41) is 3.94. The van der Waals surface area contributed by atoms with Gasteiger partial charge in [-0.2, -0.15) is 0 Å². The summed E-state index contributed by atoms with van der Waals surface area (Å²) in [4.78, 5) is 19.4. The Morgan fingerprint density at radius 2 is 1.96 bits per heavy atom. The Balaban J connectivity index is 1.98. The van der Waals surface area contributed by atoms with Crippen LogP contribution in [0, 0.1) is 0 Å². The van der Waals surface area contributed by atoms with Crippen molar-refractivity contribution in [3.63, 3.8) is 0 Å². The molecule has 0 atom stereocenters. The largest absolute Gasteiger partial charge is 0.338 e. The Morgan fingerprint density at radius 1 is 1.22 bits per heavy atom. The van der Waals surface area contributed by atoms with Crippen LogP contribution in [0.1, 0.15) is 19.8 Å². The summed E-state index contributed by atoms with van der Waals surface area (Å²) >= 11 is 12.5. The predicted octanol–water partition coefficient (Wildman–Crippen LogP) is 5.28. The van der Waals surface area contributed by atoms with Gasteiger partial charge >= 0.3 is 0 Å². The molecule has 1 amide bonds. The molecule has 0 aliphatic rings. The first kappa shape index (κ1) is 15.8. The number of carbonyl (C=O) groups is 1. The molecule has 6 heteroatoms. The number of halogens is 2. The fourth-order valence-corrected chi connectivity index (χ4v) is 2.96. The van der Waals surface area contributed by atoms with Crippen LogP contribution in [0.3, 0.4) is 0 Å². The van der Waals surface area contributed by atoms with Gasteiger partial charge in [0, 0.05) is 12.1 Å². The highest BCUT2D eigenvalue weighted by Crippen LogP contribution is 2.34. The molecule has 3 aromatic rings. The van der Waals surface area contributed by atoms with E-state index in [-0.39, 0.29) is 5.91 Å². The monoisotopic (exact) mass is 347 g/mol. The summed E-state index contributed by atoms with van der Waals surface area (Å²) in [7, 11) is 0. The van der Waals surface area contributed by atoms with Crippen LogP contribution < -0.4 is 5.32 Å². The summed E-state index contributed by atoms with van der Waals surface area (Å²) in [6, 6.07) is 10.9. The smallest absolute Gasteiger partial charge is 0.224 e. The zero-order chi connectivity index (χ0) is 16.4. The summed E-state index contributed by atoms with van der Waals surface area (Å²) in [5.41, 5.74) is 3.00. The first-order valence-corrected chi connectivity index (χ1v) is 8.08. The van der Waals surface area contributed by atoms with Gasteiger partial charge in [-0.15, -0.1) is 0 Å². The Bertz CT molecular complexity index is 853. The van der Waals surface area contributed by atoms with E-state index >= 15 is 0 Å². The summed E-state index contributed by atoms with van der Waals surface area (Å²) in [5.74, 6) is 0.605.